The molecule has 0 saturated heterocycles. The minimum absolute atomic E-state index is 0. The van der Waals surface area contributed by atoms with E-state index in [2.05, 4.69) is 28.6 Å². The van der Waals surface area contributed by atoms with Crippen molar-refractivity contribution in [3.63, 3.8) is 0 Å². The average molecular weight is 451 g/mol. The van der Waals surface area contributed by atoms with Crippen LogP contribution in [0.1, 0.15) is 16.0 Å². The van der Waals surface area contributed by atoms with E-state index in [0.29, 0.717) is 19.0 Å². The Morgan fingerprint density at radius 1 is 1.17 bits per heavy atom. The van der Waals surface area contributed by atoms with Gasteiger partial charge in [0.15, 0.2) is 5.96 Å². The summed E-state index contributed by atoms with van der Waals surface area (Å²) in [5.41, 5.74) is 1.33. The van der Waals surface area contributed by atoms with Crippen LogP contribution >= 0.6 is 35.3 Å². The molecule has 2 rings (SSSR count). The maximum absolute atomic E-state index is 13.5. The summed E-state index contributed by atoms with van der Waals surface area (Å²) < 4.78 is 27.0. The van der Waals surface area contributed by atoms with Crippen molar-refractivity contribution in [3.8, 4) is 0 Å². The Morgan fingerprint density at radius 2 is 1.87 bits per heavy atom. The van der Waals surface area contributed by atoms with E-state index < -0.39 is 11.6 Å². The maximum atomic E-state index is 13.5. The van der Waals surface area contributed by atoms with Gasteiger partial charge in [-0.3, -0.25) is 4.99 Å². The van der Waals surface area contributed by atoms with Crippen LogP contribution in [0.2, 0.25) is 0 Å². The quantitative estimate of drug-likeness (QED) is 0.412. The molecule has 0 aliphatic heterocycles. The van der Waals surface area contributed by atoms with Gasteiger partial charge in [-0.1, -0.05) is 6.07 Å². The Labute approximate surface area is 156 Å². The molecule has 0 bridgehead atoms. The van der Waals surface area contributed by atoms with Gasteiger partial charge in [0, 0.05) is 24.0 Å². The monoisotopic (exact) mass is 451 g/mol. The molecule has 1 aromatic carbocycles. The normalized spacial score (nSPS) is 11.0. The predicted octanol–water partition coefficient (Wildman–Crippen LogP) is 3.86. The summed E-state index contributed by atoms with van der Waals surface area (Å²) in [5.74, 6) is -0.414. The van der Waals surface area contributed by atoms with E-state index in [1.165, 1.54) is 28.6 Å². The Balaban J connectivity index is 0.00000264. The number of aliphatic imine (C=N–C) groups is 1. The smallest absolute Gasteiger partial charge is 0.191 e. The molecule has 0 aliphatic carbocycles. The van der Waals surface area contributed by atoms with Crippen LogP contribution in [-0.2, 0) is 13.0 Å². The van der Waals surface area contributed by atoms with Crippen LogP contribution in [-0.4, -0.2) is 19.6 Å². The van der Waals surface area contributed by atoms with Crippen LogP contribution in [0.15, 0.2) is 34.6 Å². The summed E-state index contributed by atoms with van der Waals surface area (Å²) in [6.07, 6.45) is 0.261. The molecule has 0 radical (unpaired) electrons. The van der Waals surface area contributed by atoms with E-state index in [9.17, 15) is 8.78 Å². The zero-order valence-corrected chi connectivity index (χ0v) is 16.2. The molecule has 0 unspecified atom stereocenters. The summed E-state index contributed by atoms with van der Waals surface area (Å²) in [7, 11) is 1.67. The van der Waals surface area contributed by atoms with Crippen molar-refractivity contribution in [3.05, 3.63) is 57.3 Å². The highest BCUT2D eigenvalue weighted by Gasteiger charge is 2.08. The second-order valence-electron chi connectivity index (χ2n) is 4.83. The van der Waals surface area contributed by atoms with Crippen LogP contribution in [0.25, 0.3) is 0 Å². The Hall–Kier alpha value is -1.22. The highest BCUT2D eigenvalue weighted by atomic mass is 127. The van der Waals surface area contributed by atoms with Crippen molar-refractivity contribution < 1.29 is 8.78 Å². The molecule has 0 saturated carbocycles. The van der Waals surface area contributed by atoms with Gasteiger partial charge in [0.1, 0.15) is 11.6 Å². The lowest BCUT2D eigenvalue weighted by Gasteiger charge is -2.12. The number of benzene rings is 1. The molecule has 0 atom stereocenters. The van der Waals surface area contributed by atoms with Crippen molar-refractivity contribution in [2.24, 2.45) is 4.99 Å². The lowest BCUT2D eigenvalue weighted by Crippen LogP contribution is -2.38. The van der Waals surface area contributed by atoms with Crippen molar-refractivity contribution in [1.82, 2.24) is 10.6 Å². The third-order valence-corrected chi connectivity index (χ3v) is 4.36. The summed E-state index contributed by atoms with van der Waals surface area (Å²) in [6, 6.07) is 5.97. The van der Waals surface area contributed by atoms with E-state index >= 15 is 0 Å². The molecule has 2 N–H and O–H groups in total. The second-order valence-corrected chi connectivity index (χ2v) is 5.83. The number of nitrogens with zero attached hydrogens (tertiary/aromatic N) is 1. The largest absolute Gasteiger partial charge is 0.356 e. The van der Waals surface area contributed by atoms with Crippen molar-refractivity contribution in [1.29, 1.82) is 0 Å². The molecule has 23 heavy (non-hydrogen) atoms. The number of rotatable bonds is 5. The van der Waals surface area contributed by atoms with Crippen LogP contribution in [0.3, 0.4) is 0 Å². The SMILES string of the molecule is CN=C(NCCc1c(F)cccc1F)NCc1sccc1C.I. The average Bonchev–Trinajstić information content (AvgIpc) is 2.90. The highest BCUT2D eigenvalue weighted by molar-refractivity contribution is 14.0. The fourth-order valence-electron chi connectivity index (χ4n) is 2.05. The third-order valence-electron chi connectivity index (χ3n) is 3.34. The predicted molar refractivity (Wildman–Crippen MR) is 103 cm³/mol. The molecule has 0 aliphatic rings. The number of halogens is 3. The first-order chi connectivity index (χ1) is 10.6. The summed E-state index contributed by atoms with van der Waals surface area (Å²) in [6.45, 7) is 3.14. The molecule has 0 fully saturated rings. The number of thiophene rings is 1. The van der Waals surface area contributed by atoms with Gasteiger partial charge in [-0.2, -0.15) is 0 Å². The Morgan fingerprint density at radius 3 is 2.43 bits per heavy atom. The molecular formula is C16H20F2IN3S. The molecule has 3 nitrogen and oxygen atoms in total. The first kappa shape index (κ1) is 19.8. The number of hydrogen-bond donors (Lipinski definition) is 2. The Bertz CT molecular complexity index is 638. The van der Waals surface area contributed by atoms with Gasteiger partial charge in [-0.15, -0.1) is 35.3 Å². The summed E-state index contributed by atoms with van der Waals surface area (Å²) in [4.78, 5) is 5.34. The molecule has 1 aromatic heterocycles. The van der Waals surface area contributed by atoms with E-state index in [1.807, 2.05) is 5.38 Å². The van der Waals surface area contributed by atoms with Crippen LogP contribution < -0.4 is 10.6 Å². The molecule has 126 valence electrons. The van der Waals surface area contributed by atoms with E-state index in [-0.39, 0.29) is 36.0 Å². The fraction of sp³-hybridized carbons (Fsp3) is 0.312. The molecule has 7 heteroatoms. The first-order valence-corrected chi connectivity index (χ1v) is 7.90. The zero-order chi connectivity index (χ0) is 15.9. The molecule has 0 spiro atoms. The van der Waals surface area contributed by atoms with Gasteiger partial charge in [-0.25, -0.2) is 8.78 Å². The fourth-order valence-corrected chi connectivity index (χ4v) is 2.89. The highest BCUT2D eigenvalue weighted by Crippen LogP contribution is 2.14. The summed E-state index contributed by atoms with van der Waals surface area (Å²) in [5, 5.41) is 8.30. The second kappa shape index (κ2) is 9.82. The first-order valence-electron chi connectivity index (χ1n) is 7.02. The molecule has 0 amide bonds. The van der Waals surface area contributed by atoms with Gasteiger partial charge in [0.2, 0.25) is 0 Å². The minimum atomic E-state index is -0.515. The van der Waals surface area contributed by atoms with Crippen molar-refractivity contribution in [2.45, 2.75) is 19.9 Å². The number of hydrogen-bond acceptors (Lipinski definition) is 2. The van der Waals surface area contributed by atoms with Gasteiger partial charge in [-0.05, 0) is 42.5 Å². The zero-order valence-electron chi connectivity index (χ0n) is 13.0. The molecule has 2 aromatic rings. The van der Waals surface area contributed by atoms with Gasteiger partial charge in [0.05, 0.1) is 6.54 Å². The van der Waals surface area contributed by atoms with Gasteiger partial charge < -0.3 is 10.6 Å². The van der Waals surface area contributed by atoms with E-state index in [0.717, 1.165) is 0 Å². The van der Waals surface area contributed by atoms with Crippen LogP contribution in [0.5, 0.6) is 0 Å². The standard InChI is InChI=1S/C16H19F2N3S.HI/c1-11-7-9-22-15(11)10-21-16(19-2)20-8-6-12-13(17)4-3-5-14(12)18;/h3-5,7,9H,6,8,10H2,1-2H3,(H2,19,20,21);1H. The van der Waals surface area contributed by atoms with Crippen LogP contribution in [0, 0.1) is 18.6 Å². The topological polar surface area (TPSA) is 36.4 Å². The number of guanidine groups is 1. The maximum Gasteiger partial charge on any atom is 0.191 e. The number of nitrogens with one attached hydrogen (secondary N) is 2. The number of aryl methyl sites for hydroxylation is 1. The lowest BCUT2D eigenvalue weighted by atomic mass is 10.1. The van der Waals surface area contributed by atoms with Crippen molar-refractivity contribution in [2.75, 3.05) is 13.6 Å². The molecular weight excluding hydrogens is 431 g/mol. The summed E-state index contributed by atoms with van der Waals surface area (Å²) >= 11 is 1.68. The van der Waals surface area contributed by atoms with Gasteiger partial charge in [0.25, 0.3) is 0 Å². The van der Waals surface area contributed by atoms with Gasteiger partial charge >= 0.3 is 0 Å². The Kier molecular flexibility index (Phi) is 8.46. The van der Waals surface area contributed by atoms with Crippen LogP contribution in [0.4, 0.5) is 8.78 Å². The lowest BCUT2D eigenvalue weighted by molar-refractivity contribution is 0.553. The minimum Gasteiger partial charge on any atom is -0.356 e. The van der Waals surface area contributed by atoms with E-state index in [1.54, 1.807) is 18.4 Å². The van der Waals surface area contributed by atoms with E-state index in [4.69, 9.17) is 0 Å². The molecule has 1 heterocycles. The van der Waals surface area contributed by atoms with Crippen molar-refractivity contribution >= 4 is 41.3 Å². The third kappa shape index (κ3) is 5.72.